The highest BCUT2D eigenvalue weighted by molar-refractivity contribution is 5.56. The molecule has 142 valence electrons. The lowest BCUT2D eigenvalue weighted by Gasteiger charge is -2.11. The molecule has 5 nitrogen and oxygen atoms in total. The summed E-state index contributed by atoms with van der Waals surface area (Å²) < 4.78 is 16.4. The van der Waals surface area contributed by atoms with Gasteiger partial charge in [-0.05, 0) is 43.0 Å². The van der Waals surface area contributed by atoms with E-state index in [1.807, 2.05) is 18.2 Å². The predicted molar refractivity (Wildman–Crippen MR) is 99.9 cm³/mol. The van der Waals surface area contributed by atoms with Crippen molar-refractivity contribution in [3.05, 3.63) is 29.8 Å². The summed E-state index contributed by atoms with van der Waals surface area (Å²) in [5, 5.41) is 18.5. The van der Waals surface area contributed by atoms with Gasteiger partial charge in [-0.3, -0.25) is 0 Å². The molecule has 0 aliphatic carbocycles. The van der Waals surface area contributed by atoms with E-state index in [9.17, 15) is 5.11 Å². The molecule has 5 heteroatoms. The quantitative estimate of drug-likeness (QED) is 0.394. The summed E-state index contributed by atoms with van der Waals surface area (Å²) in [6, 6.07) is 5.67. The van der Waals surface area contributed by atoms with Crippen molar-refractivity contribution in [3.63, 3.8) is 0 Å². The molecule has 1 aromatic carbocycles. The van der Waals surface area contributed by atoms with Crippen LogP contribution in [0.25, 0.3) is 6.08 Å². The van der Waals surface area contributed by atoms with E-state index in [1.165, 1.54) is 0 Å². The molecule has 0 amide bonds. The fraction of sp³-hybridized carbons (Fsp3) is 0.600. The second-order valence-corrected chi connectivity index (χ2v) is 5.87. The van der Waals surface area contributed by atoms with Crippen LogP contribution in [-0.2, 0) is 4.74 Å². The first-order valence-electron chi connectivity index (χ1n) is 9.10. The summed E-state index contributed by atoms with van der Waals surface area (Å²) in [6.07, 6.45) is 8.26. The van der Waals surface area contributed by atoms with Crippen LogP contribution in [0.1, 0.15) is 51.0 Å². The standard InChI is InChI=1S/C20H32O5/c1-3-4-14-24-18-11-9-17(16-19(18)23-2)10-12-20(22)25-15-8-6-5-7-13-21/h9-12,16,20-22H,3-8,13-15H2,1-2H3/b12-10+. The van der Waals surface area contributed by atoms with Gasteiger partial charge in [-0.2, -0.15) is 0 Å². The van der Waals surface area contributed by atoms with Gasteiger partial charge >= 0.3 is 0 Å². The first-order valence-corrected chi connectivity index (χ1v) is 9.10. The molecule has 0 bridgehead atoms. The number of unbranched alkanes of at least 4 members (excludes halogenated alkanes) is 4. The molecular formula is C20H32O5. The third-order valence-corrected chi connectivity index (χ3v) is 3.74. The largest absolute Gasteiger partial charge is 0.493 e. The Labute approximate surface area is 151 Å². The SMILES string of the molecule is CCCCOc1ccc(/C=C/C(O)OCCCCCCO)cc1OC. The first kappa shape index (κ1) is 21.5. The topological polar surface area (TPSA) is 68.2 Å². The van der Waals surface area contributed by atoms with Gasteiger partial charge in [-0.25, -0.2) is 0 Å². The van der Waals surface area contributed by atoms with Crippen LogP contribution in [0.5, 0.6) is 11.5 Å². The number of rotatable bonds is 14. The number of hydrogen-bond acceptors (Lipinski definition) is 5. The highest BCUT2D eigenvalue weighted by Gasteiger charge is 2.05. The maximum Gasteiger partial charge on any atom is 0.174 e. The van der Waals surface area contributed by atoms with E-state index >= 15 is 0 Å². The Balaban J connectivity index is 2.42. The summed E-state index contributed by atoms with van der Waals surface area (Å²) in [5.74, 6) is 1.41. The number of hydrogen-bond donors (Lipinski definition) is 2. The first-order chi connectivity index (χ1) is 12.2. The second kappa shape index (κ2) is 13.7. The van der Waals surface area contributed by atoms with Crippen LogP contribution in [0.2, 0.25) is 0 Å². The summed E-state index contributed by atoms with van der Waals surface area (Å²) in [7, 11) is 1.62. The lowest BCUT2D eigenvalue weighted by molar-refractivity contribution is -0.0646. The molecule has 0 aliphatic heterocycles. The molecule has 1 rings (SSSR count). The maximum absolute atomic E-state index is 9.83. The van der Waals surface area contributed by atoms with Gasteiger partial charge in [0.2, 0.25) is 0 Å². The third kappa shape index (κ3) is 9.48. The molecule has 0 aromatic heterocycles. The number of methoxy groups -OCH3 is 1. The molecule has 0 radical (unpaired) electrons. The van der Waals surface area contributed by atoms with Crippen LogP contribution < -0.4 is 9.47 Å². The Kier molecular flexibility index (Phi) is 11.8. The van der Waals surface area contributed by atoms with Crippen LogP contribution in [0.3, 0.4) is 0 Å². The Morgan fingerprint density at radius 1 is 1.04 bits per heavy atom. The number of aliphatic hydroxyl groups is 2. The minimum absolute atomic E-state index is 0.234. The fourth-order valence-corrected chi connectivity index (χ4v) is 2.25. The average molecular weight is 352 g/mol. The van der Waals surface area contributed by atoms with Crippen molar-refractivity contribution >= 4 is 6.08 Å². The van der Waals surface area contributed by atoms with E-state index in [4.69, 9.17) is 19.3 Å². The molecule has 1 unspecified atom stereocenters. The molecule has 25 heavy (non-hydrogen) atoms. The number of benzene rings is 1. The van der Waals surface area contributed by atoms with Gasteiger partial charge in [0, 0.05) is 6.61 Å². The van der Waals surface area contributed by atoms with Gasteiger partial charge in [0.25, 0.3) is 0 Å². The number of aliphatic hydroxyl groups excluding tert-OH is 2. The van der Waals surface area contributed by atoms with Crippen molar-refractivity contribution < 1.29 is 24.4 Å². The highest BCUT2D eigenvalue weighted by atomic mass is 16.6. The van der Waals surface area contributed by atoms with Crippen molar-refractivity contribution in [2.24, 2.45) is 0 Å². The van der Waals surface area contributed by atoms with Gasteiger partial charge in [-0.1, -0.05) is 38.3 Å². The molecule has 0 saturated heterocycles. The summed E-state index contributed by atoms with van der Waals surface area (Å²) in [6.45, 7) is 3.53. The molecule has 0 spiro atoms. The highest BCUT2D eigenvalue weighted by Crippen LogP contribution is 2.28. The zero-order valence-corrected chi connectivity index (χ0v) is 15.4. The Hall–Kier alpha value is -1.56. The average Bonchev–Trinajstić information content (AvgIpc) is 2.63. The Morgan fingerprint density at radius 3 is 2.56 bits per heavy atom. The van der Waals surface area contributed by atoms with Gasteiger partial charge < -0.3 is 24.4 Å². The smallest absolute Gasteiger partial charge is 0.174 e. The minimum Gasteiger partial charge on any atom is -0.493 e. The monoisotopic (exact) mass is 352 g/mol. The van der Waals surface area contributed by atoms with Crippen LogP contribution in [-0.4, -0.2) is 43.4 Å². The van der Waals surface area contributed by atoms with Crippen LogP contribution >= 0.6 is 0 Å². The van der Waals surface area contributed by atoms with E-state index in [0.29, 0.717) is 19.0 Å². The van der Waals surface area contributed by atoms with Gasteiger partial charge in [0.15, 0.2) is 17.8 Å². The summed E-state index contributed by atoms with van der Waals surface area (Å²) in [4.78, 5) is 0. The van der Waals surface area contributed by atoms with Crippen molar-refractivity contribution in [1.82, 2.24) is 0 Å². The molecule has 1 aromatic rings. The van der Waals surface area contributed by atoms with E-state index in [1.54, 1.807) is 19.3 Å². The molecular weight excluding hydrogens is 320 g/mol. The lowest BCUT2D eigenvalue weighted by Crippen LogP contribution is -2.09. The van der Waals surface area contributed by atoms with Crippen molar-refractivity contribution in [2.75, 3.05) is 26.9 Å². The molecule has 0 aliphatic rings. The zero-order valence-electron chi connectivity index (χ0n) is 15.4. The molecule has 2 N–H and O–H groups in total. The Bertz CT molecular complexity index is 487. The predicted octanol–water partition coefficient (Wildman–Crippen LogP) is 3.78. The summed E-state index contributed by atoms with van der Waals surface area (Å²) in [5.41, 5.74) is 0.908. The number of ether oxygens (including phenoxy) is 3. The van der Waals surface area contributed by atoms with Crippen LogP contribution in [0, 0.1) is 0 Å². The molecule has 0 fully saturated rings. The fourth-order valence-electron chi connectivity index (χ4n) is 2.25. The summed E-state index contributed by atoms with van der Waals surface area (Å²) >= 11 is 0. The lowest BCUT2D eigenvalue weighted by atomic mass is 10.2. The van der Waals surface area contributed by atoms with E-state index in [0.717, 1.165) is 49.8 Å². The zero-order chi connectivity index (χ0) is 18.3. The van der Waals surface area contributed by atoms with Crippen LogP contribution in [0.15, 0.2) is 24.3 Å². The van der Waals surface area contributed by atoms with E-state index in [-0.39, 0.29) is 6.61 Å². The minimum atomic E-state index is -0.927. The van der Waals surface area contributed by atoms with Gasteiger partial charge in [0.05, 0.1) is 20.3 Å². The Morgan fingerprint density at radius 2 is 1.84 bits per heavy atom. The molecule has 0 saturated carbocycles. The van der Waals surface area contributed by atoms with Crippen LogP contribution in [0.4, 0.5) is 0 Å². The van der Waals surface area contributed by atoms with E-state index in [2.05, 4.69) is 6.92 Å². The van der Waals surface area contributed by atoms with Gasteiger partial charge in [-0.15, -0.1) is 0 Å². The second-order valence-electron chi connectivity index (χ2n) is 5.87. The van der Waals surface area contributed by atoms with E-state index < -0.39 is 6.29 Å². The maximum atomic E-state index is 9.83. The van der Waals surface area contributed by atoms with Gasteiger partial charge in [0.1, 0.15) is 0 Å². The third-order valence-electron chi connectivity index (χ3n) is 3.74. The van der Waals surface area contributed by atoms with Crippen molar-refractivity contribution in [3.8, 4) is 11.5 Å². The molecule has 0 heterocycles. The van der Waals surface area contributed by atoms with Crippen molar-refractivity contribution in [1.29, 1.82) is 0 Å². The molecule has 1 atom stereocenters. The van der Waals surface area contributed by atoms with Crippen molar-refractivity contribution in [2.45, 2.75) is 51.7 Å². The normalized spacial score (nSPS) is 12.5.